The normalized spacial score (nSPS) is 12.4. The average Bonchev–Trinajstić information content (AvgIpc) is 2.61. The lowest BCUT2D eigenvalue weighted by Crippen LogP contribution is -2.34. The van der Waals surface area contributed by atoms with Crippen LogP contribution >= 0.6 is 0 Å². The summed E-state index contributed by atoms with van der Waals surface area (Å²) in [5.41, 5.74) is 5.30. The SMILES string of the molecule is CCO[C@@H](C)C(=O)NCc1nc(N)n[nH]1. The number of nitrogens with zero attached hydrogens (tertiary/aromatic N) is 2. The highest BCUT2D eigenvalue weighted by Crippen LogP contribution is 1.94. The van der Waals surface area contributed by atoms with E-state index in [4.69, 9.17) is 10.5 Å². The summed E-state index contributed by atoms with van der Waals surface area (Å²) in [7, 11) is 0. The van der Waals surface area contributed by atoms with Crippen molar-refractivity contribution in [2.24, 2.45) is 0 Å². The van der Waals surface area contributed by atoms with Crippen molar-refractivity contribution < 1.29 is 9.53 Å². The number of rotatable bonds is 5. The Hall–Kier alpha value is -1.63. The van der Waals surface area contributed by atoms with E-state index in [2.05, 4.69) is 20.5 Å². The van der Waals surface area contributed by atoms with Crippen LogP contribution < -0.4 is 11.1 Å². The Morgan fingerprint density at radius 3 is 3.00 bits per heavy atom. The number of carbonyl (C=O) groups is 1. The average molecular weight is 213 g/mol. The van der Waals surface area contributed by atoms with E-state index in [9.17, 15) is 4.79 Å². The monoisotopic (exact) mass is 213 g/mol. The van der Waals surface area contributed by atoms with E-state index in [0.717, 1.165) is 0 Å². The second kappa shape index (κ2) is 5.30. The molecule has 0 saturated heterocycles. The van der Waals surface area contributed by atoms with Gasteiger partial charge in [-0.3, -0.25) is 9.89 Å². The van der Waals surface area contributed by atoms with Gasteiger partial charge < -0.3 is 15.8 Å². The summed E-state index contributed by atoms with van der Waals surface area (Å²) in [6, 6.07) is 0. The van der Waals surface area contributed by atoms with Gasteiger partial charge in [0, 0.05) is 6.61 Å². The number of nitrogens with one attached hydrogen (secondary N) is 2. The number of anilines is 1. The van der Waals surface area contributed by atoms with Gasteiger partial charge in [0.05, 0.1) is 6.54 Å². The Bertz CT molecular complexity index is 325. The summed E-state index contributed by atoms with van der Waals surface area (Å²) in [5.74, 6) is 0.494. The van der Waals surface area contributed by atoms with Gasteiger partial charge in [-0.2, -0.15) is 4.98 Å². The Balaban J connectivity index is 2.34. The highest BCUT2D eigenvalue weighted by atomic mass is 16.5. The molecule has 0 spiro atoms. The largest absolute Gasteiger partial charge is 0.369 e. The summed E-state index contributed by atoms with van der Waals surface area (Å²) < 4.78 is 5.11. The maximum absolute atomic E-state index is 11.4. The first-order valence-corrected chi connectivity index (χ1v) is 4.69. The fourth-order valence-corrected chi connectivity index (χ4v) is 1.03. The minimum atomic E-state index is -0.463. The molecule has 1 amide bonds. The van der Waals surface area contributed by atoms with Gasteiger partial charge >= 0.3 is 0 Å². The predicted octanol–water partition coefficient (Wildman–Crippen LogP) is -0.572. The molecule has 0 radical (unpaired) electrons. The maximum Gasteiger partial charge on any atom is 0.249 e. The second-order valence-electron chi connectivity index (χ2n) is 2.96. The van der Waals surface area contributed by atoms with Gasteiger partial charge in [-0.1, -0.05) is 0 Å². The molecule has 0 unspecified atom stereocenters. The molecule has 0 aromatic carbocycles. The number of hydrogen-bond acceptors (Lipinski definition) is 5. The van der Waals surface area contributed by atoms with Gasteiger partial charge in [-0.15, -0.1) is 5.10 Å². The molecule has 7 nitrogen and oxygen atoms in total. The van der Waals surface area contributed by atoms with Gasteiger partial charge in [0.25, 0.3) is 0 Å². The van der Waals surface area contributed by atoms with Crippen LogP contribution in [0.2, 0.25) is 0 Å². The number of carbonyl (C=O) groups excluding carboxylic acids is 1. The summed E-state index contributed by atoms with van der Waals surface area (Å²) in [4.78, 5) is 15.2. The quantitative estimate of drug-likeness (QED) is 0.607. The lowest BCUT2D eigenvalue weighted by molar-refractivity contribution is -0.131. The van der Waals surface area contributed by atoms with Crippen LogP contribution in [-0.2, 0) is 16.1 Å². The zero-order valence-electron chi connectivity index (χ0n) is 8.78. The minimum absolute atomic E-state index is 0.164. The molecule has 0 bridgehead atoms. The topological polar surface area (TPSA) is 106 Å². The molecule has 1 aromatic rings. The number of H-pyrrole nitrogens is 1. The van der Waals surface area contributed by atoms with Crippen molar-refractivity contribution in [3.8, 4) is 0 Å². The van der Waals surface area contributed by atoms with Crippen LogP contribution in [-0.4, -0.2) is 33.8 Å². The molecular formula is C8H15N5O2. The third-order valence-corrected chi connectivity index (χ3v) is 1.76. The molecule has 0 aliphatic carbocycles. The van der Waals surface area contributed by atoms with Crippen molar-refractivity contribution >= 4 is 11.9 Å². The van der Waals surface area contributed by atoms with E-state index in [-0.39, 0.29) is 18.4 Å². The van der Waals surface area contributed by atoms with Crippen molar-refractivity contribution in [1.29, 1.82) is 0 Å². The van der Waals surface area contributed by atoms with Crippen LogP contribution in [0.3, 0.4) is 0 Å². The number of ether oxygens (including phenoxy) is 1. The van der Waals surface area contributed by atoms with Crippen molar-refractivity contribution in [2.75, 3.05) is 12.3 Å². The molecule has 1 atom stereocenters. The number of nitrogen functional groups attached to an aromatic ring is 1. The molecule has 1 heterocycles. The molecule has 1 aromatic heterocycles. The van der Waals surface area contributed by atoms with Gasteiger partial charge in [0.1, 0.15) is 11.9 Å². The van der Waals surface area contributed by atoms with E-state index >= 15 is 0 Å². The van der Waals surface area contributed by atoms with Crippen LogP contribution in [0, 0.1) is 0 Å². The second-order valence-corrected chi connectivity index (χ2v) is 2.96. The van der Waals surface area contributed by atoms with Crippen LogP contribution in [0.1, 0.15) is 19.7 Å². The van der Waals surface area contributed by atoms with Gasteiger partial charge in [-0.05, 0) is 13.8 Å². The molecule has 7 heteroatoms. The smallest absolute Gasteiger partial charge is 0.249 e. The van der Waals surface area contributed by atoms with Crippen LogP contribution in [0.4, 0.5) is 5.95 Å². The first-order chi connectivity index (χ1) is 7.13. The summed E-state index contributed by atoms with van der Waals surface area (Å²) >= 11 is 0. The number of aromatic nitrogens is 3. The standard InChI is InChI=1S/C8H15N5O2/c1-3-15-5(2)7(14)10-4-6-11-8(9)13-12-6/h5H,3-4H2,1-2H3,(H,10,14)(H3,9,11,12,13)/t5-/m0/s1. The first-order valence-electron chi connectivity index (χ1n) is 4.69. The van der Waals surface area contributed by atoms with E-state index in [1.165, 1.54) is 0 Å². The molecule has 1 rings (SSSR count). The third kappa shape index (κ3) is 3.55. The highest BCUT2D eigenvalue weighted by molar-refractivity contribution is 5.80. The van der Waals surface area contributed by atoms with Gasteiger partial charge in [-0.25, -0.2) is 0 Å². The number of hydrogen-bond donors (Lipinski definition) is 3. The van der Waals surface area contributed by atoms with E-state index < -0.39 is 6.10 Å². The molecule has 0 fully saturated rings. The zero-order chi connectivity index (χ0) is 11.3. The summed E-state index contributed by atoms with van der Waals surface area (Å²) in [6.07, 6.45) is -0.463. The van der Waals surface area contributed by atoms with E-state index in [0.29, 0.717) is 12.4 Å². The Morgan fingerprint density at radius 1 is 1.73 bits per heavy atom. The number of amides is 1. The summed E-state index contributed by atoms with van der Waals surface area (Å²) in [6.45, 7) is 4.29. The first kappa shape index (κ1) is 11.4. The molecule has 0 aliphatic rings. The Labute approximate surface area is 87.4 Å². The molecule has 0 saturated carbocycles. The van der Waals surface area contributed by atoms with Gasteiger partial charge in [0.15, 0.2) is 0 Å². The van der Waals surface area contributed by atoms with Crippen LogP contribution in [0.15, 0.2) is 0 Å². The van der Waals surface area contributed by atoms with Crippen molar-refractivity contribution in [1.82, 2.24) is 20.5 Å². The predicted molar refractivity (Wildman–Crippen MR) is 53.7 cm³/mol. The lowest BCUT2D eigenvalue weighted by atomic mass is 10.3. The lowest BCUT2D eigenvalue weighted by Gasteiger charge is -2.10. The molecule has 84 valence electrons. The Kier molecular flexibility index (Phi) is 4.04. The maximum atomic E-state index is 11.4. The minimum Gasteiger partial charge on any atom is -0.369 e. The van der Waals surface area contributed by atoms with E-state index in [1.807, 2.05) is 6.92 Å². The highest BCUT2D eigenvalue weighted by Gasteiger charge is 2.12. The molecule has 0 aliphatic heterocycles. The van der Waals surface area contributed by atoms with Crippen molar-refractivity contribution in [2.45, 2.75) is 26.5 Å². The van der Waals surface area contributed by atoms with Gasteiger partial charge in [0.2, 0.25) is 11.9 Å². The fourth-order valence-electron chi connectivity index (χ4n) is 1.03. The Morgan fingerprint density at radius 2 is 2.47 bits per heavy atom. The van der Waals surface area contributed by atoms with Crippen LogP contribution in [0.25, 0.3) is 0 Å². The number of aromatic amines is 1. The molecule has 4 N–H and O–H groups in total. The zero-order valence-corrected chi connectivity index (χ0v) is 8.78. The van der Waals surface area contributed by atoms with Crippen LogP contribution in [0.5, 0.6) is 0 Å². The third-order valence-electron chi connectivity index (χ3n) is 1.76. The fraction of sp³-hybridized carbons (Fsp3) is 0.625. The summed E-state index contributed by atoms with van der Waals surface area (Å²) in [5, 5.41) is 8.87. The van der Waals surface area contributed by atoms with E-state index in [1.54, 1.807) is 6.92 Å². The molecular weight excluding hydrogens is 198 g/mol. The number of nitrogens with two attached hydrogens (primary N) is 1. The van der Waals surface area contributed by atoms with Crippen molar-refractivity contribution in [3.63, 3.8) is 0 Å². The van der Waals surface area contributed by atoms with Crippen molar-refractivity contribution in [3.05, 3.63) is 5.82 Å². The molecule has 15 heavy (non-hydrogen) atoms.